The lowest BCUT2D eigenvalue weighted by Gasteiger charge is -2.03. The highest BCUT2D eigenvalue weighted by atomic mass is 127. The number of rotatable bonds is 2. The Labute approximate surface area is 56.4 Å². The number of hydrogen-bond donors (Lipinski definition) is 2. The summed E-state index contributed by atoms with van der Waals surface area (Å²) in [7, 11) is 0. The molecule has 0 saturated carbocycles. The Kier molecular flexibility index (Phi) is 3.31. The van der Waals surface area contributed by atoms with Crippen LogP contribution in [0.4, 0.5) is 0 Å². The van der Waals surface area contributed by atoms with E-state index in [0.29, 0.717) is 5.70 Å². The molecule has 0 aromatic carbocycles. The van der Waals surface area contributed by atoms with E-state index in [1.54, 1.807) is 23.0 Å². The van der Waals surface area contributed by atoms with Crippen molar-refractivity contribution in [1.82, 2.24) is 0 Å². The van der Waals surface area contributed by atoms with Crippen molar-refractivity contribution in [3.8, 4) is 0 Å². The molecule has 1 atom stereocenters. The number of nitrogens with two attached hydrogens (primary N) is 2. The molecule has 3 nitrogen and oxygen atoms in total. The molecule has 0 aliphatic heterocycles. The van der Waals surface area contributed by atoms with Crippen molar-refractivity contribution in [3.63, 3.8) is 0 Å². The van der Waals surface area contributed by atoms with E-state index in [-0.39, 0.29) is 0 Å². The fourth-order valence-corrected chi connectivity index (χ4v) is 0.384. The van der Waals surface area contributed by atoms with Crippen molar-refractivity contribution < 1.29 is 3.07 Å². The third-order valence-corrected chi connectivity index (χ3v) is 1.01. The highest BCUT2D eigenvalue weighted by Crippen LogP contribution is 1.94. The molecule has 0 bridgehead atoms. The fraction of sp³-hybridized carbons (Fsp3) is 0.333. The number of hydrogen-bond acceptors (Lipinski definition) is 3. The van der Waals surface area contributed by atoms with Crippen LogP contribution >= 0.6 is 23.0 Å². The van der Waals surface area contributed by atoms with Crippen LogP contribution in [0.1, 0.15) is 0 Å². The molecule has 7 heavy (non-hydrogen) atoms. The normalized spacial score (nSPS) is 13.4. The molecule has 0 spiro atoms. The zero-order valence-electron chi connectivity index (χ0n) is 3.73. The minimum absolute atomic E-state index is 0.342. The van der Waals surface area contributed by atoms with E-state index in [1.807, 2.05) is 0 Å². The third-order valence-electron chi connectivity index (χ3n) is 0.461. The van der Waals surface area contributed by atoms with Crippen LogP contribution in [0.2, 0.25) is 0 Å². The fourth-order valence-electron chi connectivity index (χ4n) is 0.0572. The molecule has 0 aromatic heterocycles. The van der Waals surface area contributed by atoms with Crippen LogP contribution in [-0.2, 0) is 3.07 Å². The molecular weight excluding hydrogens is 207 g/mol. The van der Waals surface area contributed by atoms with Gasteiger partial charge >= 0.3 is 0 Å². The first kappa shape index (κ1) is 7.19. The summed E-state index contributed by atoms with van der Waals surface area (Å²) in [5.74, 6) is 0. The summed E-state index contributed by atoms with van der Waals surface area (Å²) in [6.45, 7) is 3.35. The average Bonchev–Trinajstić information content (AvgIpc) is 1.65. The SMILES string of the molecule is C=C(N)[C@@H](N)OI. The summed E-state index contributed by atoms with van der Waals surface area (Å²) < 4.78 is 4.53. The van der Waals surface area contributed by atoms with E-state index in [9.17, 15) is 0 Å². The van der Waals surface area contributed by atoms with E-state index < -0.39 is 6.23 Å². The van der Waals surface area contributed by atoms with Gasteiger partial charge in [0.15, 0.2) is 6.23 Å². The van der Waals surface area contributed by atoms with Gasteiger partial charge in [-0.1, -0.05) is 6.58 Å². The van der Waals surface area contributed by atoms with Crippen LogP contribution in [0.25, 0.3) is 0 Å². The second kappa shape index (κ2) is 3.23. The van der Waals surface area contributed by atoms with Crippen LogP contribution in [-0.4, -0.2) is 6.23 Å². The second-order valence-electron chi connectivity index (χ2n) is 1.08. The van der Waals surface area contributed by atoms with E-state index >= 15 is 0 Å². The smallest absolute Gasteiger partial charge is 0.157 e. The monoisotopic (exact) mass is 214 g/mol. The molecule has 0 radical (unpaired) electrons. The highest BCUT2D eigenvalue weighted by Gasteiger charge is 1.97. The summed E-state index contributed by atoms with van der Waals surface area (Å²) in [4.78, 5) is 0. The molecule has 0 heterocycles. The van der Waals surface area contributed by atoms with Gasteiger partial charge in [-0.2, -0.15) is 0 Å². The molecule has 0 amide bonds. The van der Waals surface area contributed by atoms with Gasteiger partial charge in [-0.05, 0) is 0 Å². The summed E-state index contributed by atoms with van der Waals surface area (Å²) in [5.41, 5.74) is 10.6. The maximum atomic E-state index is 5.16. The summed E-state index contributed by atoms with van der Waals surface area (Å²) >= 11 is 1.66. The van der Waals surface area contributed by atoms with Crippen LogP contribution in [0.15, 0.2) is 12.3 Å². The van der Waals surface area contributed by atoms with E-state index in [0.717, 1.165) is 0 Å². The van der Waals surface area contributed by atoms with Crippen molar-refractivity contribution in [2.75, 3.05) is 0 Å². The summed E-state index contributed by atoms with van der Waals surface area (Å²) in [5, 5.41) is 0. The molecule has 0 saturated heterocycles. The van der Waals surface area contributed by atoms with Gasteiger partial charge in [-0.3, -0.25) is 3.07 Å². The first-order valence-corrected chi connectivity index (χ1v) is 2.54. The van der Waals surface area contributed by atoms with Crippen LogP contribution in [0.3, 0.4) is 0 Å². The highest BCUT2D eigenvalue weighted by molar-refractivity contribution is 14.1. The minimum atomic E-state index is -0.527. The van der Waals surface area contributed by atoms with Crippen molar-refractivity contribution >= 4 is 23.0 Å². The Bertz CT molecular complexity index is 75.3. The lowest BCUT2D eigenvalue weighted by atomic mass is 10.5. The molecular formula is C3H7IN2O. The van der Waals surface area contributed by atoms with Crippen molar-refractivity contribution in [2.24, 2.45) is 11.5 Å². The Morgan fingerprint density at radius 1 is 1.86 bits per heavy atom. The van der Waals surface area contributed by atoms with Gasteiger partial charge in [0, 0.05) is 5.70 Å². The van der Waals surface area contributed by atoms with Crippen molar-refractivity contribution in [1.29, 1.82) is 0 Å². The topological polar surface area (TPSA) is 61.3 Å². The molecule has 0 unspecified atom stereocenters. The Hall–Kier alpha value is 0.190. The zero-order valence-corrected chi connectivity index (χ0v) is 5.88. The van der Waals surface area contributed by atoms with Gasteiger partial charge < -0.3 is 11.5 Å². The van der Waals surface area contributed by atoms with Crippen LogP contribution in [0.5, 0.6) is 0 Å². The molecule has 4 N–H and O–H groups in total. The quantitative estimate of drug-likeness (QED) is 0.506. The predicted octanol–water partition coefficient (Wildman–Crippen LogP) is 0.110. The molecule has 0 aliphatic rings. The molecule has 4 heteroatoms. The summed E-state index contributed by atoms with van der Waals surface area (Å²) in [6, 6.07) is 0. The zero-order chi connectivity index (χ0) is 5.86. The molecule has 0 aromatic rings. The minimum Gasteiger partial charge on any atom is -0.399 e. The van der Waals surface area contributed by atoms with E-state index in [1.165, 1.54) is 0 Å². The Morgan fingerprint density at radius 3 is 2.29 bits per heavy atom. The lowest BCUT2D eigenvalue weighted by molar-refractivity contribution is 0.336. The Balaban J connectivity index is 3.34. The van der Waals surface area contributed by atoms with E-state index in [4.69, 9.17) is 11.5 Å². The molecule has 42 valence electrons. The average molecular weight is 214 g/mol. The van der Waals surface area contributed by atoms with Gasteiger partial charge in [0.05, 0.1) is 0 Å². The van der Waals surface area contributed by atoms with Gasteiger partial charge in [0.2, 0.25) is 0 Å². The van der Waals surface area contributed by atoms with Gasteiger partial charge in [-0.25, -0.2) is 0 Å². The number of halogens is 1. The molecule has 0 rings (SSSR count). The maximum Gasteiger partial charge on any atom is 0.157 e. The molecule has 0 fully saturated rings. The van der Waals surface area contributed by atoms with Gasteiger partial charge in [0.1, 0.15) is 23.0 Å². The molecule has 0 aliphatic carbocycles. The Morgan fingerprint density at radius 2 is 2.29 bits per heavy atom. The van der Waals surface area contributed by atoms with Crippen LogP contribution < -0.4 is 11.5 Å². The van der Waals surface area contributed by atoms with Crippen LogP contribution in [0, 0.1) is 0 Å². The predicted molar refractivity (Wildman–Crippen MR) is 36.4 cm³/mol. The first-order chi connectivity index (χ1) is 3.18. The second-order valence-corrected chi connectivity index (χ2v) is 1.59. The lowest BCUT2D eigenvalue weighted by Crippen LogP contribution is -2.26. The van der Waals surface area contributed by atoms with Gasteiger partial charge in [0.25, 0.3) is 0 Å². The van der Waals surface area contributed by atoms with Crippen molar-refractivity contribution in [2.45, 2.75) is 6.23 Å². The standard InChI is InChI=1S/C3H7IN2O/c1-2(5)3(6)7-4/h3H,1,5-6H2/t3-/m0/s1. The van der Waals surface area contributed by atoms with Crippen molar-refractivity contribution in [3.05, 3.63) is 12.3 Å². The largest absolute Gasteiger partial charge is 0.399 e. The third kappa shape index (κ3) is 2.84. The van der Waals surface area contributed by atoms with Gasteiger partial charge in [-0.15, -0.1) is 0 Å². The van der Waals surface area contributed by atoms with E-state index in [2.05, 4.69) is 9.65 Å². The first-order valence-electron chi connectivity index (χ1n) is 1.65. The maximum absolute atomic E-state index is 5.16. The summed E-state index contributed by atoms with van der Waals surface area (Å²) in [6.07, 6.45) is -0.527.